The second-order valence-corrected chi connectivity index (χ2v) is 11.2. The summed E-state index contributed by atoms with van der Waals surface area (Å²) in [6.45, 7) is 0.272. The van der Waals surface area contributed by atoms with Gasteiger partial charge in [-0.05, 0) is 59.1 Å². The molecule has 2 atom stereocenters. The molecular weight excluding hydrogens is 662 g/mol. The Balaban J connectivity index is 1.57. The Hall–Kier alpha value is -4.81. The molecule has 5 rings (SSSR count). The molecule has 0 saturated heterocycles. The molecule has 1 amide bonds. The van der Waals surface area contributed by atoms with Crippen molar-refractivity contribution in [1.29, 1.82) is 0 Å². The van der Waals surface area contributed by atoms with E-state index in [1.807, 2.05) is 24.3 Å². The highest BCUT2D eigenvalue weighted by Gasteiger charge is 2.54. The summed E-state index contributed by atoms with van der Waals surface area (Å²) >= 11 is 3.58. The number of amides is 1. The number of benzene rings is 4. The van der Waals surface area contributed by atoms with Crippen molar-refractivity contribution in [2.24, 2.45) is 10.1 Å². The van der Waals surface area contributed by atoms with Gasteiger partial charge in [-0.2, -0.15) is 0 Å². The number of rotatable bonds is 13. The van der Waals surface area contributed by atoms with Crippen molar-refractivity contribution < 1.29 is 28.2 Å². The standard InChI is InChI=1S/C33H29BrF2N6O4/c34-28-8-3-1-6-23(28)19-33(32(44)41-38-20-21-16-24(35)18-25(36)17-21)30(27-7-2-4-9-29(27)40-42-37)46-31(39-33)22-10-12-26(13-11-22)45-15-5-14-43/h1-4,6-13,16-18,30,38,43H,5,14-15,19-20H2,(H,41,44)/t30-,33-/m0/s1. The van der Waals surface area contributed by atoms with E-state index in [4.69, 9.17) is 19.6 Å². The quantitative estimate of drug-likeness (QED) is 0.0468. The Morgan fingerprint density at radius 3 is 2.50 bits per heavy atom. The number of hydrazine groups is 1. The Morgan fingerprint density at radius 1 is 1.07 bits per heavy atom. The first kappa shape index (κ1) is 32.6. The first-order chi connectivity index (χ1) is 22.3. The number of hydrogen-bond acceptors (Lipinski definition) is 7. The van der Waals surface area contributed by atoms with Crippen LogP contribution in [0.3, 0.4) is 0 Å². The minimum atomic E-state index is -1.66. The van der Waals surface area contributed by atoms with Crippen molar-refractivity contribution in [3.8, 4) is 5.75 Å². The molecule has 0 saturated carbocycles. The third-order valence-electron chi connectivity index (χ3n) is 7.24. The maximum atomic E-state index is 14.4. The predicted octanol–water partition coefficient (Wildman–Crippen LogP) is 6.75. The number of nitrogens with one attached hydrogen (secondary N) is 2. The Labute approximate surface area is 271 Å². The first-order valence-electron chi connectivity index (χ1n) is 14.3. The van der Waals surface area contributed by atoms with Crippen molar-refractivity contribution >= 4 is 33.4 Å². The molecule has 0 bridgehead atoms. The van der Waals surface area contributed by atoms with Crippen LogP contribution in [-0.4, -0.2) is 35.7 Å². The van der Waals surface area contributed by atoms with Crippen molar-refractivity contribution in [3.63, 3.8) is 0 Å². The lowest BCUT2D eigenvalue weighted by Gasteiger charge is -2.31. The van der Waals surface area contributed by atoms with Crippen molar-refractivity contribution in [1.82, 2.24) is 10.9 Å². The molecule has 236 valence electrons. The van der Waals surface area contributed by atoms with Crippen LogP contribution in [0.1, 0.15) is 34.8 Å². The van der Waals surface area contributed by atoms with E-state index in [1.165, 1.54) is 0 Å². The normalized spacial score (nSPS) is 17.0. The summed E-state index contributed by atoms with van der Waals surface area (Å²) in [7, 11) is 0. The van der Waals surface area contributed by atoms with Crippen LogP contribution < -0.4 is 15.6 Å². The maximum Gasteiger partial charge on any atom is 0.266 e. The van der Waals surface area contributed by atoms with E-state index in [2.05, 4.69) is 36.8 Å². The molecule has 13 heteroatoms. The van der Waals surface area contributed by atoms with Gasteiger partial charge in [0.1, 0.15) is 17.4 Å². The zero-order valence-electron chi connectivity index (χ0n) is 24.4. The highest BCUT2D eigenvalue weighted by Crippen LogP contribution is 2.46. The van der Waals surface area contributed by atoms with E-state index < -0.39 is 29.2 Å². The van der Waals surface area contributed by atoms with Crippen LogP contribution in [0.25, 0.3) is 10.4 Å². The molecule has 0 unspecified atom stereocenters. The molecule has 4 aromatic rings. The van der Waals surface area contributed by atoms with Gasteiger partial charge in [0.2, 0.25) is 5.90 Å². The van der Waals surface area contributed by atoms with Gasteiger partial charge in [-0.3, -0.25) is 10.2 Å². The molecule has 4 aromatic carbocycles. The summed E-state index contributed by atoms with van der Waals surface area (Å²) < 4.78 is 40.5. The predicted molar refractivity (Wildman–Crippen MR) is 171 cm³/mol. The number of aliphatic imine (C=N–C) groups is 1. The summed E-state index contributed by atoms with van der Waals surface area (Å²) in [6.07, 6.45) is -0.527. The minimum Gasteiger partial charge on any atom is -0.494 e. The van der Waals surface area contributed by atoms with Gasteiger partial charge in [0.15, 0.2) is 11.6 Å². The summed E-state index contributed by atoms with van der Waals surface area (Å²) in [4.78, 5) is 22.3. The smallest absolute Gasteiger partial charge is 0.266 e. The van der Waals surface area contributed by atoms with E-state index in [0.29, 0.717) is 29.9 Å². The molecule has 1 aliphatic rings. The number of carbonyl (C=O) groups excluding carboxylic acids is 1. The van der Waals surface area contributed by atoms with Gasteiger partial charge < -0.3 is 14.6 Å². The lowest BCUT2D eigenvalue weighted by Crippen LogP contribution is -2.53. The molecule has 46 heavy (non-hydrogen) atoms. The van der Waals surface area contributed by atoms with Gasteiger partial charge in [0.05, 0.1) is 6.61 Å². The summed E-state index contributed by atoms with van der Waals surface area (Å²) in [6, 6.07) is 24.2. The fourth-order valence-corrected chi connectivity index (χ4v) is 5.51. The maximum absolute atomic E-state index is 14.4. The van der Waals surface area contributed by atoms with Gasteiger partial charge in [0.25, 0.3) is 5.91 Å². The second-order valence-electron chi connectivity index (χ2n) is 10.4. The van der Waals surface area contributed by atoms with E-state index in [-0.39, 0.29) is 36.7 Å². The van der Waals surface area contributed by atoms with E-state index >= 15 is 0 Å². The van der Waals surface area contributed by atoms with Gasteiger partial charge in [-0.1, -0.05) is 63.5 Å². The van der Waals surface area contributed by atoms with Gasteiger partial charge in [-0.15, -0.1) is 0 Å². The molecule has 0 fully saturated rings. The van der Waals surface area contributed by atoms with Crippen LogP contribution in [0.5, 0.6) is 5.75 Å². The zero-order chi connectivity index (χ0) is 32.5. The summed E-state index contributed by atoms with van der Waals surface area (Å²) in [5, 5.41) is 12.9. The van der Waals surface area contributed by atoms with Crippen LogP contribution >= 0.6 is 15.9 Å². The van der Waals surface area contributed by atoms with Crippen molar-refractivity contribution in [2.45, 2.75) is 31.0 Å². The molecule has 10 nitrogen and oxygen atoms in total. The lowest BCUT2D eigenvalue weighted by molar-refractivity contribution is -0.130. The van der Waals surface area contributed by atoms with Crippen LogP contribution in [0, 0.1) is 11.6 Å². The largest absolute Gasteiger partial charge is 0.494 e. The van der Waals surface area contributed by atoms with E-state index in [1.54, 1.807) is 48.5 Å². The van der Waals surface area contributed by atoms with Crippen molar-refractivity contribution in [3.05, 3.63) is 140 Å². The third-order valence-corrected chi connectivity index (χ3v) is 8.01. The molecule has 3 N–H and O–H groups in total. The number of carbonyl (C=O) groups is 1. The molecular formula is C33H29BrF2N6O4. The van der Waals surface area contributed by atoms with E-state index in [0.717, 1.165) is 28.2 Å². The molecule has 1 aliphatic heterocycles. The summed E-state index contributed by atoms with van der Waals surface area (Å²) in [5.41, 5.74) is 15.4. The molecule has 0 aliphatic carbocycles. The number of aliphatic hydroxyl groups is 1. The fraction of sp³-hybridized carbons (Fsp3) is 0.212. The average molecular weight is 692 g/mol. The number of azide groups is 1. The van der Waals surface area contributed by atoms with Gasteiger partial charge in [0, 0.05) is 58.3 Å². The van der Waals surface area contributed by atoms with Crippen LogP contribution in [-0.2, 0) is 22.5 Å². The number of aliphatic hydroxyl groups excluding tert-OH is 1. The SMILES string of the molecule is [N-]=[N+]=Nc1ccccc1[C@@H]1OC(c2ccc(OCCCO)cc2)=N[C@]1(Cc1ccccc1Br)C(=O)NNCc1cc(F)cc(F)c1. The lowest BCUT2D eigenvalue weighted by atomic mass is 9.81. The number of nitrogens with zero attached hydrogens (tertiary/aromatic N) is 4. The molecule has 0 radical (unpaired) electrons. The summed E-state index contributed by atoms with van der Waals surface area (Å²) in [5.74, 6) is -1.34. The number of hydrogen-bond donors (Lipinski definition) is 3. The zero-order valence-corrected chi connectivity index (χ0v) is 26.0. The molecule has 1 heterocycles. The Bertz CT molecular complexity index is 1760. The van der Waals surface area contributed by atoms with Crippen molar-refractivity contribution in [2.75, 3.05) is 13.2 Å². The number of halogens is 3. The first-order valence-corrected chi connectivity index (χ1v) is 15.1. The third kappa shape index (κ3) is 7.52. The monoisotopic (exact) mass is 690 g/mol. The number of ether oxygens (including phenoxy) is 2. The highest BCUT2D eigenvalue weighted by molar-refractivity contribution is 9.10. The average Bonchev–Trinajstić information content (AvgIpc) is 3.43. The van der Waals surface area contributed by atoms with E-state index in [9.17, 15) is 19.1 Å². The van der Waals surface area contributed by atoms with Gasteiger partial charge >= 0.3 is 0 Å². The molecule has 0 aromatic heterocycles. The Kier molecular flexibility index (Phi) is 10.6. The molecule has 0 spiro atoms. The Morgan fingerprint density at radius 2 is 1.78 bits per heavy atom. The van der Waals surface area contributed by atoms with Crippen LogP contribution in [0.4, 0.5) is 14.5 Å². The van der Waals surface area contributed by atoms with Crippen LogP contribution in [0.15, 0.2) is 106 Å². The van der Waals surface area contributed by atoms with Crippen LogP contribution in [0.2, 0.25) is 0 Å². The fourth-order valence-electron chi connectivity index (χ4n) is 5.09. The minimum absolute atomic E-state index is 0.0110. The highest BCUT2D eigenvalue weighted by atomic mass is 79.9. The topological polar surface area (TPSA) is 141 Å². The second kappa shape index (κ2) is 15.0. The van der Waals surface area contributed by atoms with Gasteiger partial charge in [-0.25, -0.2) is 19.2 Å².